The zero-order chi connectivity index (χ0) is 20.5. The largest absolute Gasteiger partial charge is 0.436 e. The predicted octanol–water partition coefficient (Wildman–Crippen LogP) is 6.49. The van der Waals surface area contributed by atoms with Crippen molar-refractivity contribution in [2.75, 3.05) is 5.32 Å². The van der Waals surface area contributed by atoms with Gasteiger partial charge in [-0.25, -0.2) is 4.98 Å². The fraction of sp³-hybridized carbons (Fsp3) is 0.200. The van der Waals surface area contributed by atoms with Crippen molar-refractivity contribution in [1.29, 1.82) is 0 Å². The van der Waals surface area contributed by atoms with E-state index in [1.54, 1.807) is 0 Å². The fourth-order valence-electron chi connectivity index (χ4n) is 3.41. The van der Waals surface area contributed by atoms with E-state index >= 15 is 0 Å². The second-order valence-electron chi connectivity index (χ2n) is 7.75. The Morgan fingerprint density at radius 1 is 0.966 bits per heavy atom. The Hall–Kier alpha value is -3.40. The molecule has 29 heavy (non-hydrogen) atoms. The van der Waals surface area contributed by atoms with Gasteiger partial charge in [0.25, 0.3) is 5.91 Å². The Labute approximate surface area is 170 Å². The summed E-state index contributed by atoms with van der Waals surface area (Å²) >= 11 is 0. The lowest BCUT2D eigenvalue weighted by Crippen LogP contribution is -2.13. The number of aryl methyl sites for hydroxylation is 2. The Morgan fingerprint density at radius 2 is 1.72 bits per heavy atom. The first-order chi connectivity index (χ1) is 13.9. The minimum atomic E-state index is -0.130. The number of oxazole rings is 1. The van der Waals surface area contributed by atoms with E-state index in [-0.39, 0.29) is 5.91 Å². The standard InChI is InChI=1S/C25H24N2O2/c1-15(2)18-6-8-19(9-7-18)25-27-22-14-20(10-12-23(22)29-25)26-24(28)21-11-5-16(3)13-17(21)4/h5-15H,1-4H3,(H,26,28). The Bertz CT molecular complexity index is 1190. The number of hydrogen-bond acceptors (Lipinski definition) is 3. The highest BCUT2D eigenvalue weighted by Crippen LogP contribution is 2.27. The second-order valence-corrected chi connectivity index (χ2v) is 7.75. The van der Waals surface area contributed by atoms with Crippen LogP contribution in [0, 0.1) is 13.8 Å². The molecule has 0 aliphatic carbocycles. The molecule has 3 aromatic carbocycles. The van der Waals surface area contributed by atoms with E-state index in [4.69, 9.17) is 4.42 Å². The van der Waals surface area contributed by atoms with Crippen LogP contribution in [-0.4, -0.2) is 10.9 Å². The molecule has 1 amide bonds. The molecule has 0 aliphatic heterocycles. The van der Waals surface area contributed by atoms with Crippen molar-refractivity contribution < 1.29 is 9.21 Å². The van der Waals surface area contributed by atoms with Crippen LogP contribution < -0.4 is 5.32 Å². The SMILES string of the molecule is Cc1ccc(C(=O)Nc2ccc3oc(-c4ccc(C(C)C)cc4)nc3c2)c(C)c1. The maximum absolute atomic E-state index is 12.6. The molecule has 1 aromatic heterocycles. The lowest BCUT2D eigenvalue weighted by Gasteiger charge is -2.08. The third kappa shape index (κ3) is 3.92. The number of fused-ring (bicyclic) bond motifs is 1. The number of rotatable bonds is 4. The van der Waals surface area contributed by atoms with Gasteiger partial charge in [0.05, 0.1) is 0 Å². The number of amides is 1. The van der Waals surface area contributed by atoms with E-state index in [2.05, 4.69) is 36.3 Å². The summed E-state index contributed by atoms with van der Waals surface area (Å²) in [7, 11) is 0. The van der Waals surface area contributed by atoms with Gasteiger partial charge in [0.15, 0.2) is 5.58 Å². The van der Waals surface area contributed by atoms with Crippen LogP contribution in [-0.2, 0) is 0 Å². The van der Waals surface area contributed by atoms with Crippen LogP contribution in [0.5, 0.6) is 0 Å². The van der Waals surface area contributed by atoms with Gasteiger partial charge in [-0.05, 0) is 67.3 Å². The number of carbonyl (C=O) groups is 1. The molecule has 4 aromatic rings. The average molecular weight is 384 g/mol. The molecule has 0 aliphatic rings. The van der Waals surface area contributed by atoms with E-state index in [0.29, 0.717) is 34.2 Å². The number of nitrogens with zero attached hydrogens (tertiary/aromatic N) is 1. The summed E-state index contributed by atoms with van der Waals surface area (Å²) in [5.41, 5.74) is 7.07. The van der Waals surface area contributed by atoms with Gasteiger partial charge in [0, 0.05) is 16.8 Å². The number of benzene rings is 3. The molecule has 0 saturated carbocycles. The van der Waals surface area contributed by atoms with Gasteiger partial charge in [0.1, 0.15) is 5.52 Å². The van der Waals surface area contributed by atoms with Crippen molar-refractivity contribution in [1.82, 2.24) is 4.98 Å². The summed E-state index contributed by atoms with van der Waals surface area (Å²) in [4.78, 5) is 17.3. The first kappa shape index (κ1) is 18.9. The fourth-order valence-corrected chi connectivity index (χ4v) is 3.41. The summed E-state index contributed by atoms with van der Waals surface area (Å²) in [5, 5.41) is 2.96. The van der Waals surface area contributed by atoms with Gasteiger partial charge in [-0.15, -0.1) is 0 Å². The maximum atomic E-state index is 12.6. The van der Waals surface area contributed by atoms with Crippen molar-refractivity contribution >= 4 is 22.7 Å². The molecule has 0 saturated heterocycles. The number of anilines is 1. The van der Waals surface area contributed by atoms with Crippen LogP contribution in [0.3, 0.4) is 0 Å². The van der Waals surface area contributed by atoms with Crippen molar-refractivity contribution in [2.24, 2.45) is 0 Å². The summed E-state index contributed by atoms with van der Waals surface area (Å²) in [6.07, 6.45) is 0. The molecule has 0 spiro atoms. The van der Waals surface area contributed by atoms with Crippen molar-refractivity contribution in [2.45, 2.75) is 33.6 Å². The minimum absolute atomic E-state index is 0.130. The van der Waals surface area contributed by atoms with Crippen LogP contribution in [0.1, 0.15) is 46.8 Å². The van der Waals surface area contributed by atoms with E-state index in [0.717, 1.165) is 16.7 Å². The van der Waals surface area contributed by atoms with Crippen LogP contribution in [0.4, 0.5) is 5.69 Å². The minimum Gasteiger partial charge on any atom is -0.436 e. The van der Waals surface area contributed by atoms with Crippen LogP contribution in [0.15, 0.2) is 65.1 Å². The zero-order valence-electron chi connectivity index (χ0n) is 17.1. The molecular weight excluding hydrogens is 360 g/mol. The first-order valence-electron chi connectivity index (χ1n) is 9.80. The van der Waals surface area contributed by atoms with E-state index < -0.39 is 0 Å². The topological polar surface area (TPSA) is 55.1 Å². The van der Waals surface area contributed by atoms with E-state index in [1.807, 2.05) is 62.4 Å². The highest BCUT2D eigenvalue weighted by molar-refractivity contribution is 6.05. The van der Waals surface area contributed by atoms with Gasteiger partial charge in [-0.2, -0.15) is 0 Å². The van der Waals surface area contributed by atoms with Gasteiger partial charge < -0.3 is 9.73 Å². The summed E-state index contributed by atoms with van der Waals surface area (Å²) in [6.45, 7) is 8.30. The lowest BCUT2D eigenvalue weighted by atomic mass is 10.0. The van der Waals surface area contributed by atoms with E-state index in [9.17, 15) is 4.79 Å². The van der Waals surface area contributed by atoms with Crippen LogP contribution >= 0.6 is 0 Å². The first-order valence-corrected chi connectivity index (χ1v) is 9.80. The molecule has 0 atom stereocenters. The third-order valence-electron chi connectivity index (χ3n) is 5.10. The van der Waals surface area contributed by atoms with Gasteiger partial charge in [-0.1, -0.05) is 43.7 Å². The highest BCUT2D eigenvalue weighted by Gasteiger charge is 2.12. The molecule has 0 unspecified atom stereocenters. The molecule has 4 nitrogen and oxygen atoms in total. The zero-order valence-corrected chi connectivity index (χ0v) is 17.1. The molecule has 4 rings (SSSR count). The molecule has 0 bridgehead atoms. The van der Waals surface area contributed by atoms with Crippen molar-refractivity contribution in [3.8, 4) is 11.5 Å². The van der Waals surface area contributed by atoms with Gasteiger partial charge in [0.2, 0.25) is 5.89 Å². The third-order valence-corrected chi connectivity index (χ3v) is 5.10. The van der Waals surface area contributed by atoms with E-state index in [1.165, 1.54) is 5.56 Å². The molecule has 4 heteroatoms. The number of hydrogen-bond donors (Lipinski definition) is 1. The normalized spacial score (nSPS) is 11.2. The monoisotopic (exact) mass is 384 g/mol. The second kappa shape index (κ2) is 7.55. The summed E-state index contributed by atoms with van der Waals surface area (Å²) in [6, 6.07) is 19.6. The Kier molecular flexibility index (Phi) is 4.93. The van der Waals surface area contributed by atoms with Crippen LogP contribution in [0.2, 0.25) is 0 Å². The Morgan fingerprint density at radius 3 is 2.41 bits per heavy atom. The number of nitrogens with one attached hydrogen (secondary N) is 1. The predicted molar refractivity (Wildman–Crippen MR) is 117 cm³/mol. The summed E-state index contributed by atoms with van der Waals surface area (Å²) in [5.74, 6) is 0.930. The molecular formula is C25H24N2O2. The van der Waals surface area contributed by atoms with Gasteiger partial charge >= 0.3 is 0 Å². The maximum Gasteiger partial charge on any atom is 0.255 e. The van der Waals surface area contributed by atoms with Crippen LogP contribution in [0.25, 0.3) is 22.6 Å². The average Bonchev–Trinajstić information content (AvgIpc) is 3.11. The smallest absolute Gasteiger partial charge is 0.255 e. The lowest BCUT2D eigenvalue weighted by molar-refractivity contribution is 0.102. The highest BCUT2D eigenvalue weighted by atomic mass is 16.3. The number of aromatic nitrogens is 1. The van der Waals surface area contributed by atoms with Gasteiger partial charge in [-0.3, -0.25) is 4.79 Å². The molecule has 1 heterocycles. The number of carbonyl (C=O) groups excluding carboxylic acids is 1. The van der Waals surface area contributed by atoms with Crippen molar-refractivity contribution in [3.05, 3.63) is 82.9 Å². The van der Waals surface area contributed by atoms with Crippen molar-refractivity contribution in [3.63, 3.8) is 0 Å². The molecule has 1 N–H and O–H groups in total. The molecule has 146 valence electrons. The Balaban J connectivity index is 1.59. The summed E-state index contributed by atoms with van der Waals surface area (Å²) < 4.78 is 5.91. The molecule has 0 radical (unpaired) electrons. The quantitative estimate of drug-likeness (QED) is 0.438. The molecule has 0 fully saturated rings.